The summed E-state index contributed by atoms with van der Waals surface area (Å²) >= 11 is 0. The van der Waals surface area contributed by atoms with Crippen LogP contribution in [0.25, 0.3) is 0 Å². The third kappa shape index (κ3) is 5.02. The first-order valence-electron chi connectivity index (χ1n) is 5.34. The molecule has 0 bridgehead atoms. The summed E-state index contributed by atoms with van der Waals surface area (Å²) in [7, 11) is 0. The van der Waals surface area contributed by atoms with Gasteiger partial charge in [0.15, 0.2) is 0 Å². The Kier molecular flexibility index (Phi) is 7.11. The van der Waals surface area contributed by atoms with Crippen LogP contribution in [0.1, 0.15) is 33.3 Å². The van der Waals surface area contributed by atoms with Crippen LogP contribution in [0.15, 0.2) is 12.4 Å². The third-order valence-electron chi connectivity index (χ3n) is 1.66. The lowest BCUT2D eigenvalue weighted by atomic mass is 10.1. The zero-order chi connectivity index (χ0) is 11.0. The lowest BCUT2D eigenvalue weighted by Crippen LogP contribution is -2.01. The predicted molar refractivity (Wildman–Crippen MR) is 59.2 cm³/mol. The van der Waals surface area contributed by atoms with Crippen LogP contribution < -0.4 is 0 Å². The Morgan fingerprint density at radius 2 is 2.07 bits per heavy atom. The van der Waals surface area contributed by atoms with Crippen molar-refractivity contribution in [3.05, 3.63) is 18.0 Å². The molecular weight excluding hydrogens is 176 g/mol. The van der Waals surface area contributed by atoms with Crippen LogP contribution >= 0.6 is 0 Å². The van der Waals surface area contributed by atoms with Crippen LogP contribution in [0.3, 0.4) is 0 Å². The van der Waals surface area contributed by atoms with E-state index in [0.717, 1.165) is 6.42 Å². The fourth-order valence-electron chi connectivity index (χ4n) is 1.21. The Hall–Kier alpha value is -0.830. The van der Waals surface area contributed by atoms with Crippen LogP contribution in [0, 0.1) is 5.92 Å². The van der Waals surface area contributed by atoms with E-state index in [0.29, 0.717) is 12.5 Å². The van der Waals surface area contributed by atoms with Crippen molar-refractivity contribution >= 4 is 0 Å². The summed E-state index contributed by atoms with van der Waals surface area (Å²) in [6.45, 7) is 9.12. The van der Waals surface area contributed by atoms with Crippen LogP contribution in [-0.4, -0.2) is 21.5 Å². The summed E-state index contributed by atoms with van der Waals surface area (Å²) in [6.07, 6.45) is 4.93. The van der Waals surface area contributed by atoms with Gasteiger partial charge in [-0.1, -0.05) is 27.7 Å². The topological polar surface area (TPSA) is 38.0 Å². The molecule has 0 saturated carbocycles. The molecule has 1 heterocycles. The van der Waals surface area contributed by atoms with Crippen molar-refractivity contribution in [2.45, 2.75) is 40.7 Å². The summed E-state index contributed by atoms with van der Waals surface area (Å²) in [5.41, 5.74) is 1.25. The van der Waals surface area contributed by atoms with Gasteiger partial charge in [0.1, 0.15) is 0 Å². The molecular formula is C11H22N2O. The maximum absolute atomic E-state index is 8.65. The average Bonchev–Trinajstić information content (AvgIpc) is 2.56. The minimum absolute atomic E-state index is 0.156. The first kappa shape index (κ1) is 13.2. The molecule has 0 atom stereocenters. The quantitative estimate of drug-likeness (QED) is 0.804. The Bertz CT molecular complexity index is 231. The molecule has 0 aliphatic carbocycles. The molecule has 82 valence electrons. The van der Waals surface area contributed by atoms with Crippen LogP contribution in [-0.2, 0) is 13.0 Å². The summed E-state index contributed by atoms with van der Waals surface area (Å²) in [5, 5.41) is 12.8. The van der Waals surface area contributed by atoms with E-state index in [1.54, 1.807) is 4.68 Å². The number of rotatable bonds is 4. The van der Waals surface area contributed by atoms with Gasteiger partial charge in [0.25, 0.3) is 0 Å². The van der Waals surface area contributed by atoms with Gasteiger partial charge in [0.2, 0.25) is 0 Å². The number of hydrogen-bond acceptors (Lipinski definition) is 2. The number of aliphatic hydroxyl groups is 1. The summed E-state index contributed by atoms with van der Waals surface area (Å²) in [4.78, 5) is 0. The lowest BCUT2D eigenvalue weighted by Gasteiger charge is -1.99. The minimum atomic E-state index is 0.156. The van der Waals surface area contributed by atoms with Gasteiger partial charge in [-0.3, -0.25) is 4.68 Å². The van der Waals surface area contributed by atoms with Gasteiger partial charge in [0.05, 0.1) is 19.3 Å². The van der Waals surface area contributed by atoms with E-state index in [1.807, 2.05) is 26.2 Å². The molecule has 0 radical (unpaired) electrons. The van der Waals surface area contributed by atoms with Crippen molar-refractivity contribution in [1.29, 1.82) is 0 Å². The average molecular weight is 198 g/mol. The van der Waals surface area contributed by atoms with E-state index in [1.165, 1.54) is 5.56 Å². The van der Waals surface area contributed by atoms with Crippen LogP contribution in [0.5, 0.6) is 0 Å². The van der Waals surface area contributed by atoms with Crippen molar-refractivity contribution in [2.75, 3.05) is 6.61 Å². The second-order valence-corrected chi connectivity index (χ2v) is 3.43. The van der Waals surface area contributed by atoms with Gasteiger partial charge in [-0.2, -0.15) is 5.10 Å². The Balaban J connectivity index is 0.000000791. The molecule has 0 fully saturated rings. The SMILES string of the molecule is CC.CC(C)Cc1cnn(CCO)c1. The molecule has 0 amide bonds. The van der Waals surface area contributed by atoms with E-state index < -0.39 is 0 Å². The smallest absolute Gasteiger partial charge is 0.0640 e. The van der Waals surface area contributed by atoms with Crippen molar-refractivity contribution in [3.63, 3.8) is 0 Å². The van der Waals surface area contributed by atoms with E-state index >= 15 is 0 Å². The number of aliphatic hydroxyl groups excluding tert-OH is 1. The molecule has 1 N–H and O–H groups in total. The summed E-state index contributed by atoms with van der Waals surface area (Å²) < 4.78 is 1.78. The highest BCUT2D eigenvalue weighted by Crippen LogP contribution is 2.05. The number of aromatic nitrogens is 2. The van der Waals surface area contributed by atoms with Gasteiger partial charge < -0.3 is 5.11 Å². The first-order chi connectivity index (χ1) is 6.72. The fourth-order valence-corrected chi connectivity index (χ4v) is 1.21. The Morgan fingerprint density at radius 3 is 2.57 bits per heavy atom. The molecule has 0 aromatic carbocycles. The second-order valence-electron chi connectivity index (χ2n) is 3.43. The van der Waals surface area contributed by atoms with Crippen molar-refractivity contribution in [2.24, 2.45) is 5.92 Å². The van der Waals surface area contributed by atoms with E-state index in [4.69, 9.17) is 5.11 Å². The molecule has 1 aromatic rings. The Morgan fingerprint density at radius 1 is 1.43 bits per heavy atom. The molecule has 0 unspecified atom stereocenters. The highest BCUT2D eigenvalue weighted by atomic mass is 16.3. The third-order valence-corrected chi connectivity index (χ3v) is 1.66. The van der Waals surface area contributed by atoms with E-state index in [2.05, 4.69) is 18.9 Å². The van der Waals surface area contributed by atoms with Crippen molar-refractivity contribution in [1.82, 2.24) is 9.78 Å². The predicted octanol–water partition coefficient (Wildman–Crippen LogP) is 2.10. The highest BCUT2D eigenvalue weighted by molar-refractivity contribution is 5.04. The number of nitrogens with zero attached hydrogens (tertiary/aromatic N) is 2. The number of hydrogen-bond donors (Lipinski definition) is 1. The molecule has 1 aromatic heterocycles. The largest absolute Gasteiger partial charge is 0.394 e. The van der Waals surface area contributed by atoms with Gasteiger partial charge in [-0.05, 0) is 17.9 Å². The maximum Gasteiger partial charge on any atom is 0.0640 e. The molecule has 3 heteroatoms. The van der Waals surface area contributed by atoms with Crippen molar-refractivity contribution in [3.8, 4) is 0 Å². The second kappa shape index (κ2) is 7.56. The van der Waals surface area contributed by atoms with Crippen LogP contribution in [0.2, 0.25) is 0 Å². The Labute approximate surface area is 86.8 Å². The van der Waals surface area contributed by atoms with Crippen molar-refractivity contribution < 1.29 is 5.11 Å². The first-order valence-corrected chi connectivity index (χ1v) is 5.34. The van der Waals surface area contributed by atoms with Gasteiger partial charge in [0, 0.05) is 6.20 Å². The molecule has 0 aliphatic rings. The van der Waals surface area contributed by atoms with Crippen LogP contribution in [0.4, 0.5) is 0 Å². The van der Waals surface area contributed by atoms with Gasteiger partial charge >= 0.3 is 0 Å². The zero-order valence-electron chi connectivity index (χ0n) is 9.70. The zero-order valence-corrected chi connectivity index (χ0v) is 9.70. The molecule has 14 heavy (non-hydrogen) atoms. The van der Waals surface area contributed by atoms with E-state index in [-0.39, 0.29) is 6.61 Å². The lowest BCUT2D eigenvalue weighted by molar-refractivity contribution is 0.269. The molecule has 0 spiro atoms. The fraction of sp³-hybridized carbons (Fsp3) is 0.727. The standard InChI is InChI=1S/C9H16N2O.C2H6/c1-8(2)5-9-6-10-11(7-9)3-4-12;1-2/h6-8,12H,3-5H2,1-2H3;1-2H3. The molecule has 1 rings (SSSR count). The monoisotopic (exact) mass is 198 g/mol. The summed E-state index contributed by atoms with van der Waals surface area (Å²) in [6, 6.07) is 0. The van der Waals surface area contributed by atoms with Gasteiger partial charge in [-0.25, -0.2) is 0 Å². The molecule has 0 saturated heterocycles. The van der Waals surface area contributed by atoms with E-state index in [9.17, 15) is 0 Å². The maximum atomic E-state index is 8.65. The molecule has 3 nitrogen and oxygen atoms in total. The molecule has 0 aliphatic heterocycles. The normalized spacial score (nSPS) is 9.86. The minimum Gasteiger partial charge on any atom is -0.394 e. The highest BCUT2D eigenvalue weighted by Gasteiger charge is 2.00. The summed E-state index contributed by atoms with van der Waals surface area (Å²) in [5.74, 6) is 0.664. The van der Waals surface area contributed by atoms with Gasteiger partial charge in [-0.15, -0.1) is 0 Å².